The summed E-state index contributed by atoms with van der Waals surface area (Å²) in [6, 6.07) is 10.5. The summed E-state index contributed by atoms with van der Waals surface area (Å²) in [5, 5.41) is 12.2. The summed E-state index contributed by atoms with van der Waals surface area (Å²) < 4.78 is 13.2. The van der Waals surface area contributed by atoms with Gasteiger partial charge in [0.1, 0.15) is 5.82 Å². The molecular weight excluding hydrogens is 257 g/mol. The third-order valence-electron chi connectivity index (χ3n) is 2.96. The fourth-order valence-corrected chi connectivity index (χ4v) is 2.21. The van der Waals surface area contributed by atoms with E-state index in [0.29, 0.717) is 11.3 Å². The average Bonchev–Trinajstić information content (AvgIpc) is 2.34. The summed E-state index contributed by atoms with van der Waals surface area (Å²) in [4.78, 5) is 11.5. The van der Waals surface area contributed by atoms with Gasteiger partial charge in [-0.15, -0.1) is 0 Å². The van der Waals surface area contributed by atoms with Gasteiger partial charge < -0.3 is 10.4 Å². The van der Waals surface area contributed by atoms with E-state index >= 15 is 0 Å². The topological polar surface area (TPSA) is 49.3 Å². The van der Waals surface area contributed by atoms with Crippen LogP contribution < -0.4 is 5.32 Å². The molecule has 0 aliphatic heterocycles. The molecule has 2 N–H and O–H groups in total. The highest BCUT2D eigenvalue weighted by Gasteiger charge is 2.20. The first-order valence-electron chi connectivity index (χ1n) is 6.29. The standard InChI is InChI=1S/C16H16FNO2/c1-10-6-11(2)8-12(7-10)15(16(19)20)18-14-5-3-4-13(17)9-14/h3-9,15,18H,1-2H3,(H,19,20). The number of benzene rings is 2. The quantitative estimate of drug-likeness (QED) is 0.893. The van der Waals surface area contributed by atoms with Crippen molar-refractivity contribution in [3.8, 4) is 0 Å². The number of carboxylic acid groups (broad SMARTS) is 1. The van der Waals surface area contributed by atoms with Crippen molar-refractivity contribution in [3.05, 3.63) is 65.0 Å². The highest BCUT2D eigenvalue weighted by molar-refractivity contribution is 5.79. The van der Waals surface area contributed by atoms with Crippen molar-refractivity contribution in [2.45, 2.75) is 19.9 Å². The van der Waals surface area contributed by atoms with Crippen LogP contribution in [0.25, 0.3) is 0 Å². The number of aryl methyl sites for hydroxylation is 2. The zero-order valence-corrected chi connectivity index (χ0v) is 11.4. The Morgan fingerprint density at radius 1 is 1.15 bits per heavy atom. The molecule has 0 radical (unpaired) electrons. The van der Waals surface area contributed by atoms with E-state index < -0.39 is 17.8 Å². The molecule has 0 aliphatic rings. The van der Waals surface area contributed by atoms with Crippen LogP contribution in [0, 0.1) is 19.7 Å². The van der Waals surface area contributed by atoms with E-state index in [1.807, 2.05) is 32.0 Å². The highest BCUT2D eigenvalue weighted by Crippen LogP contribution is 2.22. The van der Waals surface area contributed by atoms with Crippen LogP contribution in [-0.4, -0.2) is 11.1 Å². The molecular formula is C16H16FNO2. The van der Waals surface area contributed by atoms with Crippen LogP contribution in [0.3, 0.4) is 0 Å². The van der Waals surface area contributed by atoms with Gasteiger partial charge in [-0.2, -0.15) is 0 Å². The van der Waals surface area contributed by atoms with Gasteiger partial charge in [0, 0.05) is 5.69 Å². The largest absolute Gasteiger partial charge is 0.479 e. The predicted molar refractivity (Wildman–Crippen MR) is 76.3 cm³/mol. The summed E-state index contributed by atoms with van der Waals surface area (Å²) in [5.74, 6) is -1.40. The minimum atomic E-state index is -1.00. The number of anilines is 1. The molecule has 0 spiro atoms. The van der Waals surface area contributed by atoms with Gasteiger partial charge in [0.25, 0.3) is 0 Å². The van der Waals surface area contributed by atoms with Gasteiger partial charge >= 0.3 is 5.97 Å². The van der Waals surface area contributed by atoms with E-state index in [2.05, 4.69) is 5.32 Å². The number of halogens is 1. The number of rotatable bonds is 4. The molecule has 4 heteroatoms. The molecule has 0 bridgehead atoms. The fraction of sp³-hybridized carbons (Fsp3) is 0.188. The second-order valence-corrected chi connectivity index (χ2v) is 4.85. The summed E-state index contributed by atoms with van der Waals surface area (Å²) in [7, 11) is 0. The highest BCUT2D eigenvalue weighted by atomic mass is 19.1. The Bertz CT molecular complexity index is 620. The predicted octanol–water partition coefficient (Wildman–Crippen LogP) is 3.68. The van der Waals surface area contributed by atoms with Crippen LogP contribution in [0.2, 0.25) is 0 Å². The van der Waals surface area contributed by atoms with E-state index in [0.717, 1.165) is 11.1 Å². The zero-order chi connectivity index (χ0) is 14.7. The second-order valence-electron chi connectivity index (χ2n) is 4.85. The molecule has 3 nitrogen and oxygen atoms in total. The molecule has 0 fully saturated rings. The third-order valence-corrected chi connectivity index (χ3v) is 2.96. The summed E-state index contributed by atoms with van der Waals surface area (Å²) >= 11 is 0. The van der Waals surface area contributed by atoms with Gasteiger partial charge in [0.15, 0.2) is 6.04 Å². The normalized spacial score (nSPS) is 11.9. The zero-order valence-electron chi connectivity index (χ0n) is 11.4. The second kappa shape index (κ2) is 5.74. The Morgan fingerprint density at radius 3 is 2.35 bits per heavy atom. The lowest BCUT2D eigenvalue weighted by atomic mass is 10.0. The molecule has 0 heterocycles. The van der Waals surface area contributed by atoms with E-state index in [9.17, 15) is 14.3 Å². The molecule has 0 aromatic heterocycles. The smallest absolute Gasteiger partial charge is 0.330 e. The van der Waals surface area contributed by atoms with E-state index in [4.69, 9.17) is 0 Å². The number of carboxylic acids is 1. The van der Waals surface area contributed by atoms with Crippen LogP contribution in [0.1, 0.15) is 22.7 Å². The number of aliphatic carboxylic acids is 1. The first-order chi connectivity index (χ1) is 9.45. The van der Waals surface area contributed by atoms with Crippen molar-refractivity contribution < 1.29 is 14.3 Å². The van der Waals surface area contributed by atoms with Crippen LogP contribution in [-0.2, 0) is 4.79 Å². The maximum atomic E-state index is 13.2. The SMILES string of the molecule is Cc1cc(C)cc(C(Nc2cccc(F)c2)C(=O)O)c1. The molecule has 2 rings (SSSR count). The first kappa shape index (κ1) is 14.1. The third kappa shape index (κ3) is 3.35. The number of nitrogens with one attached hydrogen (secondary N) is 1. The van der Waals surface area contributed by atoms with E-state index in [1.165, 1.54) is 18.2 Å². The van der Waals surface area contributed by atoms with Crippen molar-refractivity contribution in [2.75, 3.05) is 5.32 Å². The van der Waals surface area contributed by atoms with E-state index in [-0.39, 0.29) is 0 Å². The Morgan fingerprint density at radius 2 is 1.80 bits per heavy atom. The van der Waals surface area contributed by atoms with Gasteiger partial charge in [-0.25, -0.2) is 9.18 Å². The Labute approximate surface area is 117 Å². The molecule has 0 aliphatic carbocycles. The van der Waals surface area contributed by atoms with Gasteiger partial charge in [0.2, 0.25) is 0 Å². The number of hydrogen-bond acceptors (Lipinski definition) is 2. The number of carbonyl (C=O) groups is 1. The lowest BCUT2D eigenvalue weighted by Gasteiger charge is -2.17. The van der Waals surface area contributed by atoms with Crippen molar-refractivity contribution in [1.82, 2.24) is 0 Å². The van der Waals surface area contributed by atoms with Crippen LogP contribution in [0.5, 0.6) is 0 Å². The maximum Gasteiger partial charge on any atom is 0.330 e. The van der Waals surface area contributed by atoms with Crippen LogP contribution >= 0.6 is 0 Å². The minimum absolute atomic E-state index is 0.403. The van der Waals surface area contributed by atoms with E-state index in [1.54, 1.807) is 6.07 Å². The average molecular weight is 273 g/mol. The number of hydrogen-bond donors (Lipinski definition) is 2. The Hall–Kier alpha value is -2.36. The summed E-state index contributed by atoms with van der Waals surface area (Å²) in [6.45, 7) is 3.83. The molecule has 2 aromatic carbocycles. The van der Waals surface area contributed by atoms with Crippen molar-refractivity contribution in [2.24, 2.45) is 0 Å². The van der Waals surface area contributed by atoms with Crippen LogP contribution in [0.15, 0.2) is 42.5 Å². The monoisotopic (exact) mass is 273 g/mol. The Kier molecular flexibility index (Phi) is 4.03. The molecule has 20 heavy (non-hydrogen) atoms. The minimum Gasteiger partial charge on any atom is -0.479 e. The Balaban J connectivity index is 2.34. The van der Waals surface area contributed by atoms with Crippen molar-refractivity contribution in [3.63, 3.8) is 0 Å². The van der Waals surface area contributed by atoms with Crippen molar-refractivity contribution in [1.29, 1.82) is 0 Å². The molecule has 0 saturated carbocycles. The molecule has 1 atom stereocenters. The fourth-order valence-electron chi connectivity index (χ4n) is 2.21. The molecule has 1 unspecified atom stereocenters. The summed E-state index contributed by atoms with van der Waals surface area (Å²) in [6.07, 6.45) is 0. The lowest BCUT2D eigenvalue weighted by molar-refractivity contribution is -0.138. The van der Waals surface area contributed by atoms with Crippen molar-refractivity contribution >= 4 is 11.7 Å². The maximum absolute atomic E-state index is 13.2. The molecule has 0 amide bonds. The van der Waals surface area contributed by atoms with Gasteiger partial charge in [-0.3, -0.25) is 0 Å². The molecule has 104 valence electrons. The summed E-state index contributed by atoms with van der Waals surface area (Å²) in [5.41, 5.74) is 3.08. The van der Waals surface area contributed by atoms with Gasteiger partial charge in [0.05, 0.1) is 0 Å². The lowest BCUT2D eigenvalue weighted by Crippen LogP contribution is -2.20. The molecule has 2 aromatic rings. The first-order valence-corrected chi connectivity index (χ1v) is 6.29. The molecule has 0 saturated heterocycles. The van der Waals surface area contributed by atoms with Gasteiger partial charge in [-0.1, -0.05) is 35.4 Å². The van der Waals surface area contributed by atoms with Gasteiger partial charge in [-0.05, 0) is 37.6 Å². The van der Waals surface area contributed by atoms with Crippen LogP contribution in [0.4, 0.5) is 10.1 Å².